The lowest BCUT2D eigenvalue weighted by Crippen LogP contribution is -2.73. The number of rotatable bonds is 19. The van der Waals surface area contributed by atoms with E-state index in [1.54, 1.807) is 37.3 Å². The van der Waals surface area contributed by atoms with E-state index in [1.165, 1.54) is 33.8 Å². The van der Waals surface area contributed by atoms with Gasteiger partial charge in [-0.1, -0.05) is 84.4 Å². The van der Waals surface area contributed by atoms with Gasteiger partial charge in [0.2, 0.25) is 0 Å². The van der Waals surface area contributed by atoms with E-state index in [1.807, 2.05) is 27.7 Å². The molecule has 0 amide bonds. The first kappa shape index (κ1) is 77.9. The number of carboxylic acid groups (broad SMARTS) is 1. The van der Waals surface area contributed by atoms with Gasteiger partial charge in [-0.05, 0) is 130 Å². The molecule has 4 saturated carbocycles. The van der Waals surface area contributed by atoms with Gasteiger partial charge in [-0.2, -0.15) is 0 Å². The van der Waals surface area contributed by atoms with Crippen LogP contribution in [-0.2, 0) is 76.0 Å². The number of carboxylic acids is 1. The highest BCUT2D eigenvalue weighted by Crippen LogP contribution is 2.76. The first-order chi connectivity index (χ1) is 46.9. The lowest BCUT2D eigenvalue weighted by Gasteiger charge is -2.72. The minimum absolute atomic E-state index is 0.0701. The molecule has 562 valence electrons. The Morgan fingerprint density at radius 3 is 1.95 bits per heavy atom. The summed E-state index contributed by atoms with van der Waals surface area (Å²) in [7, 11) is 0. The van der Waals surface area contributed by atoms with Crippen molar-refractivity contribution < 1.29 is 142 Å². The summed E-state index contributed by atoms with van der Waals surface area (Å²) in [5.41, 5.74) is -3.80. The molecule has 12 N–H and O–H groups in total. The van der Waals surface area contributed by atoms with Crippen LogP contribution in [0, 0.1) is 56.2 Å². The number of aliphatic hydroxyl groups is 11. The van der Waals surface area contributed by atoms with Gasteiger partial charge in [0.25, 0.3) is 0 Å². The predicted molar refractivity (Wildman–Crippen MR) is 343 cm³/mol. The van der Waals surface area contributed by atoms with Crippen molar-refractivity contribution in [2.45, 2.75) is 269 Å². The Balaban J connectivity index is 0.918. The van der Waals surface area contributed by atoms with Gasteiger partial charge in [0.1, 0.15) is 85.5 Å². The first-order valence-corrected chi connectivity index (χ1v) is 34.8. The number of benzene rings is 1. The summed E-state index contributed by atoms with van der Waals surface area (Å²) in [6.07, 6.45) is -31.8. The maximum atomic E-state index is 14.1. The second kappa shape index (κ2) is 29.7. The van der Waals surface area contributed by atoms with Crippen LogP contribution in [0.3, 0.4) is 0 Å². The molecular formula is C71H104O29. The van der Waals surface area contributed by atoms with E-state index in [0.717, 1.165) is 5.57 Å². The van der Waals surface area contributed by atoms with Crippen molar-refractivity contribution in [2.24, 2.45) is 56.2 Å². The maximum Gasteiger partial charge on any atom is 0.338 e. The van der Waals surface area contributed by atoms with Crippen LogP contribution in [0.2, 0.25) is 0 Å². The van der Waals surface area contributed by atoms with E-state index in [2.05, 4.69) is 26.8 Å². The zero-order chi connectivity index (χ0) is 73.4. The second-order valence-corrected chi connectivity index (χ2v) is 31.3. The normalized spacial score (nSPS) is 45.2. The summed E-state index contributed by atoms with van der Waals surface area (Å²) >= 11 is 0. The first-order valence-electron chi connectivity index (χ1n) is 34.8. The molecule has 100 heavy (non-hydrogen) atoms. The quantitative estimate of drug-likeness (QED) is 0.0305. The minimum atomic E-state index is -2.15. The molecule has 9 aliphatic rings. The van der Waals surface area contributed by atoms with E-state index in [4.69, 9.17) is 56.8 Å². The highest BCUT2D eigenvalue weighted by molar-refractivity contribution is 5.90. The third kappa shape index (κ3) is 13.8. The summed E-state index contributed by atoms with van der Waals surface area (Å²) in [4.78, 5) is 67.0. The fourth-order valence-electron chi connectivity index (χ4n) is 18.6. The third-order valence-corrected chi connectivity index (χ3v) is 24.9. The van der Waals surface area contributed by atoms with Crippen molar-refractivity contribution >= 4 is 29.8 Å². The largest absolute Gasteiger partial charge is 0.479 e. The zero-order valence-corrected chi connectivity index (χ0v) is 58.7. The van der Waals surface area contributed by atoms with Gasteiger partial charge in [0, 0.05) is 12.5 Å². The number of hydrogen-bond acceptors (Lipinski definition) is 28. The SMILES string of the molecule is CC=C(C)C(=O)OC1COC(OC2C(OC(C)=O)C3(CO)C(O)CC4(C)C(=CCC5C6(C)CCC(OC7OC(C(=O)O)C(O)C(OC8OCC(O)C(O)C8O)C7OC7OC(CO)C(O)C(O)C7O)C(C)(C)C6CCC54C)C3CC2(C)C)C(O)C1OC(=O)C(C)C(C)OC(=O)c1ccccc1. The third-order valence-electron chi connectivity index (χ3n) is 24.9. The van der Waals surface area contributed by atoms with Gasteiger partial charge in [-0.25, -0.2) is 14.4 Å². The van der Waals surface area contributed by atoms with Gasteiger partial charge in [0.15, 0.2) is 43.5 Å². The molecule has 4 heterocycles. The van der Waals surface area contributed by atoms with Crippen molar-refractivity contribution in [3.8, 4) is 0 Å². The van der Waals surface area contributed by atoms with E-state index in [0.29, 0.717) is 32.1 Å². The molecule has 29 heteroatoms. The molecule has 10 rings (SSSR count). The molecule has 31 unspecified atom stereocenters. The standard InChI is InChI=1S/C71H104O29/c1-13-31(2)59(86)93-40-29-90-63(51(83)52(40)96-60(87)32(3)33(4)91-61(88)35-17-15-14-16-18-35)100-56-57(92-34(5)74)71(30-73)37(25-66(56,6)7)36-19-20-42-68(10)23-22-44(67(8,9)41(68)21-24-69(42,11)70(36,12)26-43(71)76)95-65-55(99-64-49(81)47(79)46(78)39(27-72)94-64)53(50(82)54(98-65)58(84)85)97-62-48(80)45(77)38(75)28-89-62/h13-19,32-33,37-57,62-65,72-73,75-83H,20-30H2,1-12H3,(H,84,85). The number of carbonyl (C=O) groups is 5. The molecule has 4 saturated heterocycles. The zero-order valence-electron chi connectivity index (χ0n) is 58.7. The van der Waals surface area contributed by atoms with E-state index < -0.39 is 242 Å². The number of carbonyl (C=O) groups excluding carboxylic acids is 4. The maximum absolute atomic E-state index is 14.1. The van der Waals surface area contributed by atoms with Crippen LogP contribution in [0.5, 0.6) is 0 Å². The number of fused-ring (bicyclic) bond motifs is 7. The lowest BCUT2D eigenvalue weighted by molar-refractivity contribution is -0.392. The van der Waals surface area contributed by atoms with Crippen LogP contribution in [0.25, 0.3) is 0 Å². The molecule has 0 aromatic heterocycles. The Labute approximate surface area is 580 Å². The molecule has 0 bridgehead atoms. The number of hydrogen-bond donors (Lipinski definition) is 12. The predicted octanol–water partition coefficient (Wildman–Crippen LogP) is 1.24. The van der Waals surface area contributed by atoms with Crippen molar-refractivity contribution in [1.82, 2.24) is 0 Å². The van der Waals surface area contributed by atoms with Crippen LogP contribution in [0.1, 0.15) is 138 Å². The molecule has 0 spiro atoms. The molecule has 8 fully saturated rings. The number of esters is 4. The van der Waals surface area contributed by atoms with Crippen LogP contribution < -0.4 is 0 Å². The Kier molecular flexibility index (Phi) is 23.1. The number of ether oxygens (including phenoxy) is 12. The fraction of sp³-hybridized carbons (Fsp3) is 0.789. The van der Waals surface area contributed by atoms with E-state index >= 15 is 0 Å². The van der Waals surface area contributed by atoms with Crippen LogP contribution >= 0.6 is 0 Å². The number of aliphatic carboxylic acids is 1. The Morgan fingerprint density at radius 1 is 0.660 bits per heavy atom. The van der Waals surface area contributed by atoms with Crippen molar-refractivity contribution in [3.05, 3.63) is 59.2 Å². The van der Waals surface area contributed by atoms with Crippen LogP contribution in [-0.4, -0.2) is 259 Å². The summed E-state index contributed by atoms with van der Waals surface area (Å²) < 4.78 is 73.4. The minimum Gasteiger partial charge on any atom is -0.479 e. The highest BCUT2D eigenvalue weighted by Gasteiger charge is 2.74. The molecular weight excluding hydrogens is 1320 g/mol. The van der Waals surface area contributed by atoms with Crippen molar-refractivity contribution in [3.63, 3.8) is 0 Å². The summed E-state index contributed by atoms with van der Waals surface area (Å²) in [6, 6.07) is 8.17. The Bertz CT molecular complexity index is 3160. The Morgan fingerprint density at radius 2 is 1.31 bits per heavy atom. The van der Waals surface area contributed by atoms with Gasteiger partial charge in [-0.15, -0.1) is 0 Å². The smallest absolute Gasteiger partial charge is 0.338 e. The molecule has 1 aromatic carbocycles. The summed E-state index contributed by atoms with van der Waals surface area (Å²) in [5.74, 6) is -6.76. The van der Waals surface area contributed by atoms with Crippen LogP contribution in [0.15, 0.2) is 53.6 Å². The fourth-order valence-corrected chi connectivity index (χ4v) is 18.6. The van der Waals surface area contributed by atoms with Gasteiger partial charge in [0.05, 0.1) is 55.5 Å². The van der Waals surface area contributed by atoms with E-state index in [-0.39, 0.29) is 35.8 Å². The second-order valence-electron chi connectivity index (χ2n) is 31.3. The van der Waals surface area contributed by atoms with Gasteiger partial charge in [-0.3, -0.25) is 9.59 Å². The summed E-state index contributed by atoms with van der Waals surface area (Å²) in [6.45, 7) is 19.3. The molecule has 1 aromatic rings. The Hall–Kier alpha value is -4.71. The molecule has 0 radical (unpaired) electrons. The highest BCUT2D eigenvalue weighted by atomic mass is 16.8. The average molecular weight is 1420 g/mol. The molecule has 4 aliphatic heterocycles. The van der Waals surface area contributed by atoms with E-state index in [9.17, 15) is 85.3 Å². The van der Waals surface area contributed by atoms with Gasteiger partial charge >= 0.3 is 29.8 Å². The number of aliphatic hydroxyl groups excluding tert-OH is 11. The van der Waals surface area contributed by atoms with Crippen molar-refractivity contribution in [1.29, 1.82) is 0 Å². The molecule has 29 nitrogen and oxygen atoms in total. The molecule has 31 atom stereocenters. The van der Waals surface area contributed by atoms with Crippen LogP contribution in [0.4, 0.5) is 0 Å². The lowest BCUT2D eigenvalue weighted by atomic mass is 9.33. The monoisotopic (exact) mass is 1420 g/mol. The van der Waals surface area contributed by atoms with Gasteiger partial charge < -0.3 is 118 Å². The summed E-state index contributed by atoms with van der Waals surface area (Å²) in [5, 5.41) is 135. The molecule has 5 aliphatic carbocycles. The van der Waals surface area contributed by atoms with Crippen molar-refractivity contribution in [2.75, 3.05) is 26.4 Å². The number of allylic oxidation sites excluding steroid dienone is 3. The topological polar surface area (TPSA) is 439 Å². The average Bonchev–Trinajstić information content (AvgIpc) is 0.669.